The van der Waals surface area contributed by atoms with E-state index < -0.39 is 29.1 Å². The van der Waals surface area contributed by atoms with E-state index in [0.29, 0.717) is 5.92 Å². The van der Waals surface area contributed by atoms with Gasteiger partial charge >= 0.3 is 5.97 Å². The van der Waals surface area contributed by atoms with Crippen LogP contribution in [0.15, 0.2) is 29.2 Å². The first-order chi connectivity index (χ1) is 11.7. The molecule has 0 spiro atoms. The van der Waals surface area contributed by atoms with Crippen molar-refractivity contribution in [2.45, 2.75) is 37.6 Å². The number of sulfonamides is 1. The van der Waals surface area contributed by atoms with Crippen LogP contribution in [0.25, 0.3) is 0 Å². The minimum absolute atomic E-state index is 0.0655. The summed E-state index contributed by atoms with van der Waals surface area (Å²) in [5, 5.41) is 2.76. The van der Waals surface area contributed by atoms with E-state index in [9.17, 15) is 18.0 Å². The molecule has 0 saturated heterocycles. The molecule has 8 heteroatoms. The summed E-state index contributed by atoms with van der Waals surface area (Å²) in [7, 11) is -2.48. The van der Waals surface area contributed by atoms with Gasteiger partial charge in [0.15, 0.2) is 6.61 Å². The number of nitrogens with zero attached hydrogens (tertiary/aromatic N) is 1. The number of ether oxygens (including phenoxy) is 1. The zero-order valence-corrected chi connectivity index (χ0v) is 15.5. The van der Waals surface area contributed by atoms with Gasteiger partial charge in [-0.25, -0.2) is 8.42 Å². The van der Waals surface area contributed by atoms with E-state index in [1.807, 2.05) is 13.8 Å². The molecule has 1 aliphatic carbocycles. The predicted molar refractivity (Wildman–Crippen MR) is 92.3 cm³/mol. The van der Waals surface area contributed by atoms with Crippen LogP contribution in [0.3, 0.4) is 0 Å². The van der Waals surface area contributed by atoms with Crippen molar-refractivity contribution in [3.8, 4) is 0 Å². The third-order valence-electron chi connectivity index (χ3n) is 4.16. The number of rotatable bonds is 8. The van der Waals surface area contributed by atoms with Crippen LogP contribution in [0.2, 0.25) is 0 Å². The van der Waals surface area contributed by atoms with Crippen LogP contribution in [-0.2, 0) is 24.3 Å². The third-order valence-corrected chi connectivity index (χ3v) is 5.98. The summed E-state index contributed by atoms with van der Waals surface area (Å²) >= 11 is 0. The van der Waals surface area contributed by atoms with Crippen molar-refractivity contribution in [3.63, 3.8) is 0 Å². The molecular weight excluding hydrogens is 344 g/mol. The number of likely N-dealkylation sites (N-methyl/N-ethyl adjacent to an activating group) is 1. The normalized spacial score (nSPS) is 15.7. The number of esters is 1. The van der Waals surface area contributed by atoms with E-state index in [-0.39, 0.29) is 16.8 Å². The topological polar surface area (TPSA) is 92.8 Å². The highest BCUT2D eigenvalue weighted by molar-refractivity contribution is 7.89. The van der Waals surface area contributed by atoms with Crippen molar-refractivity contribution in [1.82, 2.24) is 9.62 Å². The number of amides is 1. The predicted octanol–water partition coefficient (Wildman–Crippen LogP) is 1.07. The summed E-state index contributed by atoms with van der Waals surface area (Å²) in [5.41, 5.74) is 0.937. The Morgan fingerprint density at radius 3 is 2.44 bits per heavy atom. The van der Waals surface area contributed by atoms with Crippen molar-refractivity contribution >= 4 is 21.9 Å². The molecule has 138 valence electrons. The van der Waals surface area contributed by atoms with Gasteiger partial charge in [-0.05, 0) is 44.7 Å². The Labute approximate surface area is 148 Å². The minimum Gasteiger partial charge on any atom is -0.455 e. The Kier molecular flexibility index (Phi) is 6.18. The molecule has 0 bridgehead atoms. The number of carbonyl (C=O) groups excluding carboxylic acids is 2. The molecule has 1 aromatic carbocycles. The van der Waals surface area contributed by atoms with E-state index in [1.165, 1.54) is 19.2 Å². The summed E-state index contributed by atoms with van der Waals surface area (Å²) in [6.45, 7) is 2.90. The molecule has 0 radical (unpaired) electrons. The Morgan fingerprint density at radius 1 is 1.28 bits per heavy atom. The Balaban J connectivity index is 1.82. The molecule has 25 heavy (non-hydrogen) atoms. The molecule has 1 amide bonds. The van der Waals surface area contributed by atoms with E-state index in [4.69, 9.17) is 4.74 Å². The molecule has 2 rings (SSSR count). The molecule has 0 aliphatic heterocycles. The van der Waals surface area contributed by atoms with Gasteiger partial charge in [0.05, 0.1) is 4.90 Å². The summed E-state index contributed by atoms with van der Waals surface area (Å²) in [4.78, 5) is 23.6. The largest absolute Gasteiger partial charge is 0.455 e. The second kappa shape index (κ2) is 7.97. The second-order valence-corrected chi connectivity index (χ2v) is 8.47. The first-order valence-corrected chi connectivity index (χ1v) is 9.62. The fraction of sp³-hybridized carbons (Fsp3) is 0.529. The lowest BCUT2D eigenvalue weighted by Crippen LogP contribution is -2.38. The SMILES string of the molecule is Cc1ccc(S(=O)(=O)N(C)CC(=O)OCC(=O)N[C@H](C)C2CC2)cc1. The average Bonchev–Trinajstić information content (AvgIpc) is 3.38. The van der Waals surface area contributed by atoms with Gasteiger partial charge in [-0.3, -0.25) is 9.59 Å². The van der Waals surface area contributed by atoms with Crippen molar-refractivity contribution in [2.24, 2.45) is 5.92 Å². The van der Waals surface area contributed by atoms with Gasteiger partial charge in [0, 0.05) is 13.1 Å². The fourth-order valence-electron chi connectivity index (χ4n) is 2.36. The Bertz CT molecular complexity index is 726. The summed E-state index contributed by atoms with van der Waals surface area (Å²) in [5.74, 6) is -0.644. The molecule has 0 aromatic heterocycles. The number of aryl methyl sites for hydroxylation is 1. The number of hydrogen-bond donors (Lipinski definition) is 1. The molecule has 7 nitrogen and oxygen atoms in total. The lowest BCUT2D eigenvalue weighted by molar-refractivity contribution is -0.148. The summed E-state index contributed by atoms with van der Waals surface area (Å²) in [6.07, 6.45) is 2.20. The molecule has 0 heterocycles. The Hall–Kier alpha value is -1.93. The number of benzene rings is 1. The third kappa shape index (κ3) is 5.54. The highest BCUT2D eigenvalue weighted by Crippen LogP contribution is 2.32. The molecule has 1 aliphatic rings. The van der Waals surface area contributed by atoms with Crippen LogP contribution in [0.1, 0.15) is 25.3 Å². The number of carbonyl (C=O) groups is 2. The molecule has 1 aromatic rings. The fourth-order valence-corrected chi connectivity index (χ4v) is 3.47. The van der Waals surface area contributed by atoms with Crippen LogP contribution in [-0.4, -0.2) is 50.8 Å². The first-order valence-electron chi connectivity index (χ1n) is 8.18. The van der Waals surface area contributed by atoms with Gasteiger partial charge in [-0.2, -0.15) is 4.31 Å². The van der Waals surface area contributed by atoms with Gasteiger partial charge < -0.3 is 10.1 Å². The van der Waals surface area contributed by atoms with Gasteiger partial charge in [0.1, 0.15) is 6.54 Å². The van der Waals surface area contributed by atoms with Gasteiger partial charge in [0.25, 0.3) is 5.91 Å². The molecule has 1 atom stereocenters. The first kappa shape index (κ1) is 19.4. The van der Waals surface area contributed by atoms with Crippen LogP contribution < -0.4 is 5.32 Å². The maximum atomic E-state index is 12.4. The lowest BCUT2D eigenvalue weighted by atomic mass is 10.2. The summed E-state index contributed by atoms with van der Waals surface area (Å²) < 4.78 is 30.5. The Morgan fingerprint density at radius 2 is 1.88 bits per heavy atom. The van der Waals surface area contributed by atoms with Gasteiger partial charge in [-0.15, -0.1) is 0 Å². The van der Waals surface area contributed by atoms with E-state index in [1.54, 1.807) is 12.1 Å². The molecular formula is C17H24N2O5S. The number of hydrogen-bond acceptors (Lipinski definition) is 5. The smallest absolute Gasteiger partial charge is 0.321 e. The van der Waals surface area contributed by atoms with Crippen molar-refractivity contribution in [1.29, 1.82) is 0 Å². The van der Waals surface area contributed by atoms with Crippen molar-refractivity contribution in [3.05, 3.63) is 29.8 Å². The van der Waals surface area contributed by atoms with Gasteiger partial charge in [0.2, 0.25) is 10.0 Å². The maximum Gasteiger partial charge on any atom is 0.321 e. The van der Waals surface area contributed by atoms with Crippen molar-refractivity contribution in [2.75, 3.05) is 20.2 Å². The molecule has 1 fully saturated rings. The van der Waals surface area contributed by atoms with Crippen LogP contribution in [0.5, 0.6) is 0 Å². The zero-order chi connectivity index (χ0) is 18.6. The minimum atomic E-state index is -3.78. The maximum absolute atomic E-state index is 12.4. The second-order valence-electron chi connectivity index (χ2n) is 6.43. The molecule has 1 saturated carbocycles. The molecule has 0 unspecified atom stereocenters. The monoisotopic (exact) mass is 368 g/mol. The standard InChI is InChI=1S/C17H24N2O5S/c1-12-4-8-15(9-5-12)25(22,23)19(3)10-17(21)24-11-16(20)18-13(2)14-6-7-14/h4-5,8-9,13-14H,6-7,10-11H2,1-3H3,(H,18,20)/t13-/m1/s1. The van der Waals surface area contributed by atoms with Crippen molar-refractivity contribution < 1.29 is 22.7 Å². The van der Waals surface area contributed by atoms with Crippen LogP contribution in [0, 0.1) is 12.8 Å². The van der Waals surface area contributed by atoms with Crippen LogP contribution >= 0.6 is 0 Å². The van der Waals surface area contributed by atoms with Gasteiger partial charge in [-0.1, -0.05) is 17.7 Å². The lowest BCUT2D eigenvalue weighted by Gasteiger charge is -2.17. The summed E-state index contributed by atoms with van der Waals surface area (Å²) in [6, 6.07) is 6.41. The zero-order valence-electron chi connectivity index (χ0n) is 14.7. The quantitative estimate of drug-likeness (QED) is 0.693. The average molecular weight is 368 g/mol. The number of nitrogens with one attached hydrogen (secondary N) is 1. The highest BCUT2D eigenvalue weighted by Gasteiger charge is 2.29. The van der Waals surface area contributed by atoms with E-state index in [0.717, 1.165) is 22.7 Å². The van der Waals surface area contributed by atoms with E-state index >= 15 is 0 Å². The molecule has 1 N–H and O–H groups in total. The van der Waals surface area contributed by atoms with Crippen LogP contribution in [0.4, 0.5) is 0 Å². The van der Waals surface area contributed by atoms with E-state index in [2.05, 4.69) is 5.32 Å². The highest BCUT2D eigenvalue weighted by atomic mass is 32.2.